The number of hydrogen-bond acceptors (Lipinski definition) is 6. The summed E-state index contributed by atoms with van der Waals surface area (Å²) in [5, 5.41) is 11.9. The molecule has 0 amide bonds. The minimum absolute atomic E-state index is 0.604. The molecule has 8 heteroatoms. The van der Waals surface area contributed by atoms with Crippen molar-refractivity contribution in [1.82, 2.24) is 20.2 Å². The van der Waals surface area contributed by atoms with Gasteiger partial charge in [-0.25, -0.2) is 0 Å². The van der Waals surface area contributed by atoms with E-state index >= 15 is 0 Å². The summed E-state index contributed by atoms with van der Waals surface area (Å²) in [6, 6.07) is 0.767. The number of tetrazole rings is 1. The van der Waals surface area contributed by atoms with Gasteiger partial charge >= 0.3 is 8.80 Å². The normalized spacial score (nSPS) is 12.0. The van der Waals surface area contributed by atoms with Crippen LogP contribution in [-0.4, -0.2) is 48.8 Å². The summed E-state index contributed by atoms with van der Waals surface area (Å²) in [5.41, 5.74) is 0. The van der Waals surface area contributed by atoms with E-state index in [1.807, 2.05) is 27.7 Å². The summed E-state index contributed by atoms with van der Waals surface area (Å²) >= 11 is 0. The van der Waals surface area contributed by atoms with Crippen LogP contribution in [-0.2, 0) is 19.8 Å². The summed E-state index contributed by atoms with van der Waals surface area (Å²) in [6.45, 7) is 10.2. The maximum absolute atomic E-state index is 5.78. The topological polar surface area (TPSA) is 71.3 Å². The number of aryl methyl sites for hydroxylation is 2. The molecular formula is C11H24N4O3Si. The van der Waals surface area contributed by atoms with Crippen LogP contribution in [0, 0.1) is 6.92 Å². The molecule has 1 aromatic rings. The van der Waals surface area contributed by atoms with Gasteiger partial charge in [0, 0.05) is 25.9 Å². The standard InChI is InChI=1S/C11H24N4O3Si/c1-5-16-19(17-6-2,18-7-3)10-8-9-15-13-11(4)12-14-15/h5-10H2,1-4H3. The first-order chi connectivity index (χ1) is 9.15. The second kappa shape index (κ2) is 8.36. The first kappa shape index (κ1) is 16.2. The Morgan fingerprint density at radius 1 is 1.05 bits per heavy atom. The Morgan fingerprint density at radius 3 is 2.05 bits per heavy atom. The van der Waals surface area contributed by atoms with Crippen LogP contribution in [0.2, 0.25) is 6.04 Å². The van der Waals surface area contributed by atoms with Crippen molar-refractivity contribution in [3.8, 4) is 0 Å². The Morgan fingerprint density at radius 2 is 1.63 bits per heavy atom. The minimum atomic E-state index is -2.53. The highest BCUT2D eigenvalue weighted by Gasteiger charge is 2.39. The SMILES string of the molecule is CCO[Si](CCCn1nnc(C)n1)(OCC)OCC. The summed E-state index contributed by atoms with van der Waals surface area (Å²) in [5.74, 6) is 0.683. The van der Waals surface area contributed by atoms with Crippen LogP contribution in [0.5, 0.6) is 0 Å². The fraction of sp³-hybridized carbons (Fsp3) is 0.909. The van der Waals surface area contributed by atoms with Gasteiger partial charge in [-0.1, -0.05) is 0 Å². The molecule has 0 saturated heterocycles. The Kier molecular flexibility index (Phi) is 7.14. The summed E-state index contributed by atoms with van der Waals surface area (Å²) in [4.78, 5) is 1.60. The number of nitrogens with zero attached hydrogens (tertiary/aromatic N) is 4. The van der Waals surface area contributed by atoms with Crippen LogP contribution in [0.25, 0.3) is 0 Å². The van der Waals surface area contributed by atoms with Crippen molar-refractivity contribution in [3.63, 3.8) is 0 Å². The molecule has 19 heavy (non-hydrogen) atoms. The second-order valence-corrected chi connectivity index (χ2v) is 6.75. The van der Waals surface area contributed by atoms with Crippen LogP contribution in [0.15, 0.2) is 0 Å². The fourth-order valence-electron chi connectivity index (χ4n) is 1.86. The van der Waals surface area contributed by atoms with Gasteiger partial charge in [0.15, 0.2) is 5.82 Å². The first-order valence-electron chi connectivity index (χ1n) is 6.82. The lowest BCUT2D eigenvalue weighted by Gasteiger charge is -2.28. The van der Waals surface area contributed by atoms with Crippen molar-refractivity contribution in [2.45, 2.75) is 46.7 Å². The maximum Gasteiger partial charge on any atom is 0.500 e. The van der Waals surface area contributed by atoms with Gasteiger partial charge in [0.25, 0.3) is 0 Å². The molecule has 0 fully saturated rings. The van der Waals surface area contributed by atoms with E-state index in [2.05, 4.69) is 15.4 Å². The van der Waals surface area contributed by atoms with Crippen LogP contribution in [0.4, 0.5) is 0 Å². The van der Waals surface area contributed by atoms with Gasteiger partial charge in [-0.05, 0) is 39.3 Å². The third-order valence-electron chi connectivity index (χ3n) is 2.49. The molecule has 0 N–H and O–H groups in total. The summed E-state index contributed by atoms with van der Waals surface area (Å²) in [6.07, 6.45) is 0.849. The zero-order valence-corrected chi connectivity index (χ0v) is 13.3. The lowest BCUT2D eigenvalue weighted by molar-refractivity contribution is 0.0703. The Labute approximate surface area is 115 Å². The molecule has 1 heterocycles. The van der Waals surface area contributed by atoms with Gasteiger partial charge in [-0.3, -0.25) is 0 Å². The van der Waals surface area contributed by atoms with Crippen LogP contribution < -0.4 is 0 Å². The van der Waals surface area contributed by atoms with Gasteiger partial charge in [-0.2, -0.15) is 4.80 Å². The highest BCUT2D eigenvalue weighted by atomic mass is 28.4. The van der Waals surface area contributed by atoms with E-state index < -0.39 is 8.80 Å². The lowest BCUT2D eigenvalue weighted by atomic mass is 10.5. The zero-order chi connectivity index (χ0) is 14.1. The Hall–Kier alpha value is -0.833. The van der Waals surface area contributed by atoms with Crippen molar-refractivity contribution < 1.29 is 13.3 Å². The van der Waals surface area contributed by atoms with Crippen LogP contribution in [0.1, 0.15) is 33.0 Å². The number of rotatable bonds is 10. The van der Waals surface area contributed by atoms with E-state index in [4.69, 9.17) is 13.3 Å². The van der Waals surface area contributed by atoms with E-state index in [9.17, 15) is 0 Å². The Balaban J connectivity index is 2.50. The molecule has 110 valence electrons. The molecule has 0 bridgehead atoms. The molecule has 1 aromatic heterocycles. The molecule has 1 rings (SSSR count). The largest absolute Gasteiger partial charge is 0.500 e. The third kappa shape index (κ3) is 5.35. The molecule has 0 atom stereocenters. The van der Waals surface area contributed by atoms with Crippen molar-refractivity contribution in [2.24, 2.45) is 0 Å². The molecule has 0 aromatic carbocycles. The number of hydrogen-bond donors (Lipinski definition) is 0. The second-order valence-electron chi connectivity index (χ2n) is 4.02. The molecular weight excluding hydrogens is 264 g/mol. The quantitative estimate of drug-likeness (QED) is 0.606. The first-order valence-corrected chi connectivity index (χ1v) is 8.75. The highest BCUT2D eigenvalue weighted by Crippen LogP contribution is 2.18. The number of aromatic nitrogens is 4. The van der Waals surface area contributed by atoms with E-state index in [0.29, 0.717) is 32.2 Å². The molecule has 0 aliphatic heterocycles. The van der Waals surface area contributed by atoms with E-state index in [1.54, 1.807) is 4.80 Å². The molecule has 7 nitrogen and oxygen atoms in total. The van der Waals surface area contributed by atoms with Crippen molar-refractivity contribution in [1.29, 1.82) is 0 Å². The predicted octanol–water partition coefficient (Wildman–Crippen LogP) is 1.42. The highest BCUT2D eigenvalue weighted by molar-refractivity contribution is 6.60. The third-order valence-corrected chi connectivity index (χ3v) is 5.64. The molecule has 0 spiro atoms. The molecule has 0 saturated carbocycles. The van der Waals surface area contributed by atoms with E-state index in [1.165, 1.54) is 0 Å². The molecule has 0 aliphatic carbocycles. The predicted molar refractivity (Wildman–Crippen MR) is 72.6 cm³/mol. The average molecular weight is 288 g/mol. The van der Waals surface area contributed by atoms with Gasteiger partial charge in [-0.15, -0.1) is 10.2 Å². The van der Waals surface area contributed by atoms with E-state index in [-0.39, 0.29) is 0 Å². The van der Waals surface area contributed by atoms with Crippen molar-refractivity contribution in [2.75, 3.05) is 19.8 Å². The van der Waals surface area contributed by atoms with Crippen LogP contribution in [0.3, 0.4) is 0 Å². The minimum Gasteiger partial charge on any atom is -0.374 e. The van der Waals surface area contributed by atoms with E-state index in [0.717, 1.165) is 12.5 Å². The zero-order valence-electron chi connectivity index (χ0n) is 12.3. The summed E-state index contributed by atoms with van der Waals surface area (Å²) < 4.78 is 17.3. The molecule has 0 unspecified atom stereocenters. The lowest BCUT2D eigenvalue weighted by Crippen LogP contribution is -2.46. The Bertz CT molecular complexity index is 344. The molecule has 0 aliphatic rings. The van der Waals surface area contributed by atoms with Crippen LogP contribution >= 0.6 is 0 Å². The van der Waals surface area contributed by atoms with Gasteiger partial charge in [0.05, 0.1) is 6.54 Å². The van der Waals surface area contributed by atoms with Gasteiger partial charge in [0.2, 0.25) is 0 Å². The molecule has 0 radical (unpaired) electrons. The van der Waals surface area contributed by atoms with Gasteiger partial charge in [0.1, 0.15) is 0 Å². The maximum atomic E-state index is 5.78. The fourth-order valence-corrected chi connectivity index (χ4v) is 4.45. The average Bonchev–Trinajstić information content (AvgIpc) is 2.76. The van der Waals surface area contributed by atoms with Crippen molar-refractivity contribution >= 4 is 8.80 Å². The summed E-state index contributed by atoms with van der Waals surface area (Å²) in [7, 11) is -2.53. The smallest absolute Gasteiger partial charge is 0.374 e. The van der Waals surface area contributed by atoms with Gasteiger partial charge < -0.3 is 13.3 Å². The van der Waals surface area contributed by atoms with Crippen molar-refractivity contribution in [3.05, 3.63) is 5.82 Å². The monoisotopic (exact) mass is 288 g/mol.